The molecule has 2 atom stereocenters. The molecular formula is C12H14BrN3O. The van der Waals surface area contributed by atoms with E-state index in [2.05, 4.69) is 37.3 Å². The van der Waals surface area contributed by atoms with Gasteiger partial charge >= 0.3 is 0 Å². The number of nitrogens with one attached hydrogen (secondary N) is 2. The van der Waals surface area contributed by atoms with Gasteiger partial charge in [0.05, 0.1) is 30.2 Å². The Kier molecular flexibility index (Phi) is 2.90. The van der Waals surface area contributed by atoms with Crippen LogP contribution in [0.2, 0.25) is 0 Å². The molecule has 1 aromatic heterocycles. The summed E-state index contributed by atoms with van der Waals surface area (Å²) in [7, 11) is 1.96. The predicted octanol–water partition coefficient (Wildman–Crippen LogP) is 2.03. The normalized spacial score (nSPS) is 24.6. The molecule has 2 heterocycles. The van der Waals surface area contributed by atoms with Crippen molar-refractivity contribution in [3.63, 3.8) is 0 Å². The molecule has 0 bridgehead atoms. The van der Waals surface area contributed by atoms with Crippen LogP contribution in [0.15, 0.2) is 22.7 Å². The molecule has 1 saturated heterocycles. The number of imidazole rings is 1. The lowest BCUT2D eigenvalue weighted by molar-refractivity contribution is 0.188. The van der Waals surface area contributed by atoms with E-state index in [9.17, 15) is 0 Å². The molecule has 2 N–H and O–H groups in total. The fourth-order valence-electron chi connectivity index (χ4n) is 2.29. The lowest BCUT2D eigenvalue weighted by Gasteiger charge is -2.13. The summed E-state index contributed by atoms with van der Waals surface area (Å²) in [5.74, 6) is 1.32. The minimum absolute atomic E-state index is 0.311. The van der Waals surface area contributed by atoms with Gasteiger partial charge in [0.15, 0.2) is 0 Å². The van der Waals surface area contributed by atoms with Crippen molar-refractivity contribution in [2.45, 2.75) is 12.0 Å². The molecule has 90 valence electrons. The topological polar surface area (TPSA) is 49.9 Å². The number of hydrogen-bond donors (Lipinski definition) is 2. The number of nitrogens with zero attached hydrogens (tertiary/aromatic N) is 1. The number of hydrogen-bond acceptors (Lipinski definition) is 3. The SMILES string of the molecule is CNC1COCC1c1nc2ccc(Br)cc2[nH]1. The molecule has 1 aliphatic rings. The fraction of sp³-hybridized carbons (Fsp3) is 0.417. The molecule has 1 aliphatic heterocycles. The molecule has 0 saturated carbocycles. The quantitative estimate of drug-likeness (QED) is 0.891. The number of likely N-dealkylation sites (N-methyl/N-ethyl adjacent to an activating group) is 1. The third-order valence-electron chi connectivity index (χ3n) is 3.26. The van der Waals surface area contributed by atoms with Gasteiger partial charge in [0, 0.05) is 10.5 Å². The zero-order chi connectivity index (χ0) is 11.8. The van der Waals surface area contributed by atoms with E-state index in [1.54, 1.807) is 0 Å². The highest BCUT2D eigenvalue weighted by Crippen LogP contribution is 2.26. The van der Waals surface area contributed by atoms with E-state index in [1.807, 2.05) is 19.2 Å². The second-order valence-corrected chi connectivity index (χ2v) is 5.24. The molecule has 2 aromatic rings. The Morgan fingerprint density at radius 2 is 2.35 bits per heavy atom. The minimum atomic E-state index is 0.311. The Morgan fingerprint density at radius 1 is 1.47 bits per heavy atom. The first-order valence-electron chi connectivity index (χ1n) is 5.68. The molecule has 5 heteroatoms. The summed E-state index contributed by atoms with van der Waals surface area (Å²) in [5, 5.41) is 3.27. The fourth-order valence-corrected chi connectivity index (χ4v) is 2.65. The molecule has 1 aromatic carbocycles. The maximum atomic E-state index is 5.50. The largest absolute Gasteiger partial charge is 0.379 e. The Labute approximate surface area is 108 Å². The van der Waals surface area contributed by atoms with Gasteiger partial charge in [-0.15, -0.1) is 0 Å². The molecule has 17 heavy (non-hydrogen) atoms. The second kappa shape index (κ2) is 4.40. The molecule has 0 spiro atoms. The van der Waals surface area contributed by atoms with Gasteiger partial charge in [-0.1, -0.05) is 15.9 Å². The van der Waals surface area contributed by atoms with Crippen LogP contribution >= 0.6 is 15.9 Å². The van der Waals surface area contributed by atoms with Crippen LogP contribution in [0.5, 0.6) is 0 Å². The molecule has 1 fully saturated rings. The summed E-state index contributed by atoms with van der Waals surface area (Å²) in [6, 6.07) is 6.42. The van der Waals surface area contributed by atoms with Crippen molar-refractivity contribution < 1.29 is 4.74 Å². The smallest absolute Gasteiger partial charge is 0.114 e. The van der Waals surface area contributed by atoms with Gasteiger partial charge in [-0.05, 0) is 25.2 Å². The molecule has 2 unspecified atom stereocenters. The molecule has 4 nitrogen and oxygen atoms in total. The number of aromatic nitrogens is 2. The maximum absolute atomic E-state index is 5.50. The van der Waals surface area contributed by atoms with Gasteiger partial charge < -0.3 is 15.0 Å². The van der Waals surface area contributed by atoms with Crippen LogP contribution in [0.3, 0.4) is 0 Å². The number of halogens is 1. The van der Waals surface area contributed by atoms with E-state index in [1.165, 1.54) is 0 Å². The van der Waals surface area contributed by atoms with E-state index >= 15 is 0 Å². The number of benzene rings is 1. The van der Waals surface area contributed by atoms with Crippen LogP contribution in [-0.4, -0.2) is 36.3 Å². The van der Waals surface area contributed by atoms with Gasteiger partial charge in [-0.2, -0.15) is 0 Å². The van der Waals surface area contributed by atoms with Crippen molar-refractivity contribution in [3.05, 3.63) is 28.5 Å². The summed E-state index contributed by atoms with van der Waals surface area (Å²) in [6.07, 6.45) is 0. The Morgan fingerprint density at radius 3 is 3.18 bits per heavy atom. The average Bonchev–Trinajstić information content (AvgIpc) is 2.93. The zero-order valence-corrected chi connectivity index (χ0v) is 11.1. The lowest BCUT2D eigenvalue weighted by atomic mass is 10.0. The van der Waals surface area contributed by atoms with Gasteiger partial charge in [0.2, 0.25) is 0 Å². The highest BCUT2D eigenvalue weighted by atomic mass is 79.9. The van der Waals surface area contributed by atoms with Gasteiger partial charge in [-0.25, -0.2) is 4.98 Å². The van der Waals surface area contributed by atoms with Crippen LogP contribution in [-0.2, 0) is 4.74 Å². The third-order valence-corrected chi connectivity index (χ3v) is 3.76. The average molecular weight is 296 g/mol. The Hall–Kier alpha value is -0.910. The van der Waals surface area contributed by atoms with Crippen LogP contribution in [0.4, 0.5) is 0 Å². The van der Waals surface area contributed by atoms with Crippen LogP contribution in [0.25, 0.3) is 11.0 Å². The van der Waals surface area contributed by atoms with Crippen LogP contribution in [0, 0.1) is 0 Å². The highest BCUT2D eigenvalue weighted by Gasteiger charge is 2.30. The summed E-state index contributed by atoms with van der Waals surface area (Å²) >= 11 is 3.47. The first kappa shape index (κ1) is 11.2. The van der Waals surface area contributed by atoms with Gasteiger partial charge in [0.1, 0.15) is 5.82 Å². The van der Waals surface area contributed by atoms with Crippen molar-refractivity contribution in [2.75, 3.05) is 20.3 Å². The first-order valence-corrected chi connectivity index (χ1v) is 6.47. The van der Waals surface area contributed by atoms with Crippen molar-refractivity contribution in [2.24, 2.45) is 0 Å². The van der Waals surface area contributed by atoms with Crippen LogP contribution < -0.4 is 5.32 Å². The van der Waals surface area contributed by atoms with Gasteiger partial charge in [0.25, 0.3) is 0 Å². The first-order chi connectivity index (χ1) is 8.28. The summed E-state index contributed by atoms with van der Waals surface area (Å²) in [5.41, 5.74) is 2.07. The molecule has 0 radical (unpaired) electrons. The lowest BCUT2D eigenvalue weighted by Crippen LogP contribution is -2.31. The second-order valence-electron chi connectivity index (χ2n) is 4.32. The standard InChI is InChI=1S/C12H14BrN3O/c1-14-11-6-17-5-8(11)12-15-9-3-2-7(13)4-10(9)16-12/h2-4,8,11,14H,5-6H2,1H3,(H,15,16). The molecular weight excluding hydrogens is 282 g/mol. The number of fused-ring (bicyclic) bond motifs is 1. The number of aromatic amines is 1. The number of H-pyrrole nitrogens is 1. The van der Waals surface area contributed by atoms with Crippen molar-refractivity contribution >= 4 is 27.0 Å². The number of ether oxygens (including phenoxy) is 1. The van der Waals surface area contributed by atoms with E-state index < -0.39 is 0 Å². The van der Waals surface area contributed by atoms with Crippen LogP contribution in [0.1, 0.15) is 11.7 Å². The molecule has 0 aliphatic carbocycles. The minimum Gasteiger partial charge on any atom is -0.379 e. The van der Waals surface area contributed by atoms with E-state index in [0.29, 0.717) is 12.0 Å². The van der Waals surface area contributed by atoms with Gasteiger partial charge in [-0.3, -0.25) is 0 Å². The summed E-state index contributed by atoms with van der Waals surface area (Å²) in [6.45, 7) is 1.48. The Bertz CT molecular complexity index is 540. The monoisotopic (exact) mass is 295 g/mol. The van der Waals surface area contributed by atoms with E-state index in [-0.39, 0.29) is 0 Å². The summed E-state index contributed by atoms with van der Waals surface area (Å²) < 4.78 is 6.57. The third kappa shape index (κ3) is 1.99. The summed E-state index contributed by atoms with van der Waals surface area (Å²) in [4.78, 5) is 8.02. The van der Waals surface area contributed by atoms with Crippen molar-refractivity contribution in [1.82, 2.24) is 15.3 Å². The predicted molar refractivity (Wildman–Crippen MR) is 70.2 cm³/mol. The van der Waals surface area contributed by atoms with E-state index in [4.69, 9.17) is 4.74 Å². The van der Waals surface area contributed by atoms with E-state index in [0.717, 1.165) is 34.5 Å². The highest BCUT2D eigenvalue weighted by molar-refractivity contribution is 9.10. The van der Waals surface area contributed by atoms with Crippen molar-refractivity contribution in [3.8, 4) is 0 Å². The molecule has 0 amide bonds. The van der Waals surface area contributed by atoms with Crippen molar-refractivity contribution in [1.29, 1.82) is 0 Å². The Balaban J connectivity index is 2.00. The zero-order valence-electron chi connectivity index (χ0n) is 9.53. The molecule has 3 rings (SSSR count). The number of rotatable bonds is 2. The maximum Gasteiger partial charge on any atom is 0.114 e.